The summed E-state index contributed by atoms with van der Waals surface area (Å²) in [4.78, 5) is 36.0. The van der Waals surface area contributed by atoms with Crippen molar-refractivity contribution in [2.24, 2.45) is 0 Å². The number of hydrogen-bond acceptors (Lipinski definition) is 13. The highest BCUT2D eigenvalue weighted by molar-refractivity contribution is 7.24. The van der Waals surface area contributed by atoms with Crippen LogP contribution in [0.1, 0.15) is 30.5 Å². The molecule has 3 aliphatic rings. The number of ether oxygens (including phenoxy) is 5. The molecule has 0 spiro atoms. The predicted octanol–water partition coefficient (Wildman–Crippen LogP) is 5.28. The number of esters is 2. The van der Waals surface area contributed by atoms with E-state index in [0.717, 1.165) is 25.1 Å². The van der Waals surface area contributed by atoms with E-state index in [4.69, 9.17) is 28.7 Å². The first-order valence-electron chi connectivity index (χ1n) is 15.2. The smallest absolute Gasteiger partial charge is 0.337 e. The number of rotatable bonds is 10. The minimum atomic E-state index is -0.453. The van der Waals surface area contributed by atoms with Crippen molar-refractivity contribution in [3.8, 4) is 37.4 Å². The molecule has 0 bridgehead atoms. The average Bonchev–Trinajstić information content (AvgIpc) is 3.65. The molecule has 6 heterocycles. The Morgan fingerprint density at radius 3 is 2.47 bits per heavy atom. The molecule has 0 aromatic carbocycles. The Labute approximate surface area is 280 Å². The molecule has 0 aliphatic carbocycles. The highest BCUT2D eigenvalue weighted by Gasteiger charge is 2.32. The lowest BCUT2D eigenvalue weighted by atomic mass is 9.97. The van der Waals surface area contributed by atoms with Gasteiger partial charge in [-0.15, -0.1) is 22.7 Å². The van der Waals surface area contributed by atoms with Gasteiger partial charge in [0.2, 0.25) is 0 Å². The van der Waals surface area contributed by atoms with Gasteiger partial charge >= 0.3 is 11.9 Å². The molecular weight excluding hydrogens is 643 g/mol. The van der Waals surface area contributed by atoms with Crippen LogP contribution >= 0.6 is 22.7 Å². The first-order valence-corrected chi connectivity index (χ1v) is 16.9. The Hall–Kier alpha value is -4.59. The zero-order valence-corrected chi connectivity index (χ0v) is 28.1. The van der Waals surface area contributed by atoms with Crippen molar-refractivity contribution in [3.63, 3.8) is 0 Å². The summed E-state index contributed by atoms with van der Waals surface area (Å²) in [6.45, 7) is 6.83. The second-order valence-corrected chi connectivity index (χ2v) is 12.9. The molecule has 13 heteroatoms. The number of pyridine rings is 1. The van der Waals surface area contributed by atoms with Gasteiger partial charge in [-0.1, -0.05) is 6.08 Å². The number of aryl methyl sites for hydroxylation is 1. The van der Waals surface area contributed by atoms with Gasteiger partial charge in [0.1, 0.15) is 19.0 Å². The average molecular weight is 678 g/mol. The summed E-state index contributed by atoms with van der Waals surface area (Å²) in [5.74, 6) is 1.01. The maximum Gasteiger partial charge on any atom is 0.337 e. The van der Waals surface area contributed by atoms with Gasteiger partial charge in [0.25, 0.3) is 0 Å². The van der Waals surface area contributed by atoms with Crippen molar-refractivity contribution in [2.75, 3.05) is 46.8 Å². The first kappa shape index (κ1) is 32.4. The number of aliphatic hydroxyl groups is 1. The number of thiophene rings is 2. The molecule has 2 N–H and O–H groups in total. The van der Waals surface area contributed by atoms with E-state index in [2.05, 4.69) is 5.32 Å². The molecule has 1 unspecified atom stereocenters. The molecule has 6 rings (SSSR count). The molecule has 0 fully saturated rings. The molecule has 3 aromatic heterocycles. The van der Waals surface area contributed by atoms with Gasteiger partial charge in [0.15, 0.2) is 18.3 Å². The van der Waals surface area contributed by atoms with Crippen LogP contribution in [0.25, 0.3) is 20.2 Å². The second-order valence-electron chi connectivity index (χ2n) is 10.7. The number of nitrogens with one attached hydrogen (secondary N) is 1. The molecule has 11 nitrogen and oxygen atoms in total. The number of aliphatic hydroxyl groups excluding tert-OH is 1. The van der Waals surface area contributed by atoms with Crippen LogP contribution in [0.15, 0.2) is 71.2 Å². The van der Waals surface area contributed by atoms with E-state index in [9.17, 15) is 14.7 Å². The predicted molar refractivity (Wildman–Crippen MR) is 178 cm³/mol. The molecule has 1 atom stereocenters. The number of aromatic nitrogens is 1. The monoisotopic (exact) mass is 677 g/mol. The summed E-state index contributed by atoms with van der Waals surface area (Å²) in [5.41, 5.74) is 3.73. The van der Waals surface area contributed by atoms with Gasteiger partial charge in [0.05, 0.1) is 62.1 Å². The standard InChI is InChI=1S/C34H35N3O8S2/c1-5-41-33(39)21-8-10-36-24(15-21)26-17-22(34(40)42-6-2)16-25(37(26)4)23-14-20(7-9-35-23)30-28-29(44-12-11-43-28)32(47-30)31-27(45-18-38)13-19(3)46-31/h7-9,13-17,25,36,38H,5-6,10-12,18H2,1-4H3. The Kier molecular flexibility index (Phi) is 9.66. The third-order valence-electron chi connectivity index (χ3n) is 7.63. The summed E-state index contributed by atoms with van der Waals surface area (Å²) < 4.78 is 28.5. The molecule has 3 aliphatic heterocycles. The van der Waals surface area contributed by atoms with Crippen LogP contribution in [0, 0.1) is 6.92 Å². The highest BCUT2D eigenvalue weighted by atomic mass is 32.1. The van der Waals surface area contributed by atoms with Crippen LogP contribution in [0.3, 0.4) is 0 Å². The molecule has 0 saturated heterocycles. The van der Waals surface area contributed by atoms with Crippen LogP contribution < -0.4 is 19.5 Å². The first-order chi connectivity index (χ1) is 22.8. The lowest BCUT2D eigenvalue weighted by molar-refractivity contribution is -0.139. The Morgan fingerprint density at radius 1 is 1.02 bits per heavy atom. The highest BCUT2D eigenvalue weighted by Crippen LogP contribution is 2.57. The molecule has 3 aromatic rings. The third kappa shape index (κ3) is 6.51. The van der Waals surface area contributed by atoms with Crippen LogP contribution in [0.4, 0.5) is 0 Å². The van der Waals surface area contributed by atoms with Crippen molar-refractivity contribution in [1.29, 1.82) is 0 Å². The fourth-order valence-corrected chi connectivity index (χ4v) is 7.82. The summed E-state index contributed by atoms with van der Waals surface area (Å²) in [5, 5.41) is 12.8. The van der Waals surface area contributed by atoms with E-state index in [1.54, 1.807) is 49.6 Å². The van der Waals surface area contributed by atoms with E-state index < -0.39 is 24.8 Å². The quantitative estimate of drug-likeness (QED) is 0.215. The van der Waals surface area contributed by atoms with Crippen molar-refractivity contribution >= 4 is 34.6 Å². The zero-order chi connectivity index (χ0) is 33.1. The number of nitrogens with zero attached hydrogens (tertiary/aromatic N) is 2. The topological polar surface area (TPSA) is 129 Å². The lowest BCUT2D eigenvalue weighted by Gasteiger charge is -2.35. The van der Waals surface area contributed by atoms with Gasteiger partial charge in [0, 0.05) is 24.7 Å². The fraction of sp³-hybridized carbons (Fsp3) is 0.324. The number of dihydropyridines is 1. The minimum absolute atomic E-state index is 0.229. The number of likely N-dealkylation sites (N-methyl/N-ethyl adjacent to an activating group) is 1. The molecule has 0 radical (unpaired) electrons. The summed E-state index contributed by atoms with van der Waals surface area (Å²) in [6, 6.07) is 5.34. The number of fused-ring (bicyclic) bond motifs is 1. The number of carbonyl (C=O) groups excluding carboxylic acids is 2. The van der Waals surface area contributed by atoms with Crippen LogP contribution in [0.5, 0.6) is 17.2 Å². The summed E-state index contributed by atoms with van der Waals surface area (Å²) in [7, 11) is 1.91. The third-order valence-corrected chi connectivity index (χ3v) is 10.0. The van der Waals surface area contributed by atoms with E-state index in [0.29, 0.717) is 65.2 Å². The van der Waals surface area contributed by atoms with Crippen LogP contribution in [0.2, 0.25) is 0 Å². The van der Waals surface area contributed by atoms with Crippen molar-refractivity contribution in [3.05, 3.63) is 81.8 Å². The lowest BCUT2D eigenvalue weighted by Crippen LogP contribution is -2.33. The minimum Gasteiger partial charge on any atom is -0.485 e. The maximum absolute atomic E-state index is 13.1. The fourth-order valence-electron chi connectivity index (χ4n) is 5.55. The maximum atomic E-state index is 13.1. The SMILES string of the molecule is CCOC(=O)C1=CCNC(C2=CC(C(=O)OCC)=CC(c3cc(-c4sc(-c5sc(C)cc5OCO)c5c4OCCO5)ccn3)N2C)=C1. The molecule has 0 amide bonds. The summed E-state index contributed by atoms with van der Waals surface area (Å²) in [6.07, 6.45) is 8.83. The molecule has 47 heavy (non-hydrogen) atoms. The van der Waals surface area contributed by atoms with Crippen molar-refractivity contribution in [1.82, 2.24) is 15.2 Å². The van der Waals surface area contributed by atoms with Gasteiger partial charge < -0.3 is 39.0 Å². The van der Waals surface area contributed by atoms with E-state index in [1.807, 2.05) is 43.1 Å². The van der Waals surface area contributed by atoms with Gasteiger partial charge in [-0.2, -0.15) is 0 Å². The number of hydrogen-bond donors (Lipinski definition) is 2. The second kappa shape index (κ2) is 14.0. The Balaban J connectivity index is 1.40. The zero-order valence-electron chi connectivity index (χ0n) is 26.5. The van der Waals surface area contributed by atoms with Gasteiger partial charge in [-0.05, 0) is 62.8 Å². The Morgan fingerprint density at radius 2 is 1.74 bits per heavy atom. The summed E-state index contributed by atoms with van der Waals surface area (Å²) >= 11 is 3.08. The van der Waals surface area contributed by atoms with E-state index >= 15 is 0 Å². The number of carbonyl (C=O) groups is 2. The Bertz CT molecular complexity index is 1820. The van der Waals surface area contributed by atoms with Crippen LogP contribution in [-0.2, 0) is 19.1 Å². The van der Waals surface area contributed by atoms with E-state index in [1.165, 1.54) is 11.3 Å². The van der Waals surface area contributed by atoms with Gasteiger partial charge in [-0.25, -0.2) is 9.59 Å². The van der Waals surface area contributed by atoms with Crippen molar-refractivity contribution in [2.45, 2.75) is 26.8 Å². The van der Waals surface area contributed by atoms with Gasteiger partial charge in [-0.3, -0.25) is 4.98 Å². The molecule has 0 saturated carbocycles. The van der Waals surface area contributed by atoms with Crippen molar-refractivity contribution < 1.29 is 38.4 Å². The normalized spacial score (nSPS) is 17.1. The van der Waals surface area contributed by atoms with Crippen LogP contribution in [-0.4, -0.2) is 73.7 Å². The molecule has 246 valence electrons. The molecular formula is C34H35N3O8S2. The largest absolute Gasteiger partial charge is 0.485 e. The van der Waals surface area contributed by atoms with E-state index in [-0.39, 0.29) is 13.2 Å².